The lowest BCUT2D eigenvalue weighted by Gasteiger charge is -2.20. The fourth-order valence-corrected chi connectivity index (χ4v) is 3.79. The third kappa shape index (κ3) is 5.11. The number of carbonyl (C=O) groups excluding carboxylic acids is 1. The van der Waals surface area contributed by atoms with Crippen LogP contribution in [-0.4, -0.2) is 46.8 Å². The highest BCUT2D eigenvalue weighted by Gasteiger charge is 2.21. The number of hydrogen-bond acceptors (Lipinski definition) is 3. The summed E-state index contributed by atoms with van der Waals surface area (Å²) in [6.07, 6.45) is 6.85. The lowest BCUT2D eigenvalue weighted by atomic mass is 10.1. The molecule has 0 atom stereocenters. The lowest BCUT2D eigenvalue weighted by molar-refractivity contribution is 0.0947. The SMILES string of the molecule is CC(C)c1c(C(=O)NCCN2CCCCCC2)cnn1-c1ccc(Cl)cc1. The minimum absolute atomic E-state index is 0.0475. The molecule has 1 aromatic carbocycles. The minimum Gasteiger partial charge on any atom is -0.351 e. The van der Waals surface area contributed by atoms with Gasteiger partial charge in [0.2, 0.25) is 0 Å². The van der Waals surface area contributed by atoms with Crippen molar-refractivity contribution in [2.45, 2.75) is 45.4 Å². The van der Waals surface area contributed by atoms with Crippen molar-refractivity contribution in [3.63, 3.8) is 0 Å². The van der Waals surface area contributed by atoms with E-state index in [1.165, 1.54) is 25.7 Å². The summed E-state index contributed by atoms with van der Waals surface area (Å²) in [5.74, 6) is 0.128. The van der Waals surface area contributed by atoms with Crippen LogP contribution in [0.25, 0.3) is 5.69 Å². The van der Waals surface area contributed by atoms with Gasteiger partial charge in [0.15, 0.2) is 0 Å². The van der Waals surface area contributed by atoms with Gasteiger partial charge in [-0.1, -0.05) is 38.3 Å². The molecule has 1 amide bonds. The number of carbonyl (C=O) groups is 1. The summed E-state index contributed by atoms with van der Waals surface area (Å²) in [7, 11) is 0. The molecule has 146 valence electrons. The first kappa shape index (κ1) is 19.9. The second kappa shape index (κ2) is 9.38. The van der Waals surface area contributed by atoms with Crippen LogP contribution in [0.3, 0.4) is 0 Å². The fraction of sp³-hybridized carbons (Fsp3) is 0.524. The second-order valence-electron chi connectivity index (χ2n) is 7.50. The van der Waals surface area contributed by atoms with E-state index in [1.54, 1.807) is 6.20 Å². The number of halogens is 1. The molecule has 0 bridgehead atoms. The van der Waals surface area contributed by atoms with Crippen molar-refractivity contribution >= 4 is 17.5 Å². The highest BCUT2D eigenvalue weighted by molar-refractivity contribution is 6.30. The first-order valence-electron chi connectivity index (χ1n) is 9.90. The lowest BCUT2D eigenvalue weighted by Crippen LogP contribution is -2.35. The maximum atomic E-state index is 12.8. The number of likely N-dealkylation sites (tertiary alicyclic amines) is 1. The Bertz CT molecular complexity index is 746. The van der Waals surface area contributed by atoms with Crippen LogP contribution in [0, 0.1) is 0 Å². The van der Waals surface area contributed by atoms with E-state index >= 15 is 0 Å². The van der Waals surface area contributed by atoms with Gasteiger partial charge in [-0.25, -0.2) is 4.68 Å². The summed E-state index contributed by atoms with van der Waals surface area (Å²) >= 11 is 5.99. The molecule has 1 aliphatic rings. The Morgan fingerprint density at radius 2 is 1.81 bits per heavy atom. The van der Waals surface area contributed by atoms with Crippen LogP contribution >= 0.6 is 11.6 Å². The van der Waals surface area contributed by atoms with Crippen LogP contribution in [-0.2, 0) is 0 Å². The molecule has 27 heavy (non-hydrogen) atoms. The molecule has 0 aliphatic carbocycles. The number of benzene rings is 1. The Morgan fingerprint density at radius 1 is 1.15 bits per heavy atom. The standard InChI is InChI=1S/C21H29ClN4O/c1-16(2)20-19(15-24-26(20)18-9-7-17(22)8-10-18)21(27)23-11-14-25-12-5-3-4-6-13-25/h7-10,15-16H,3-6,11-14H2,1-2H3,(H,23,27). The zero-order valence-corrected chi connectivity index (χ0v) is 17.0. The van der Waals surface area contributed by atoms with E-state index in [-0.39, 0.29) is 11.8 Å². The maximum absolute atomic E-state index is 12.8. The summed E-state index contributed by atoms with van der Waals surface area (Å²) in [6, 6.07) is 7.51. The molecule has 2 heterocycles. The Morgan fingerprint density at radius 3 is 2.44 bits per heavy atom. The molecule has 0 radical (unpaired) electrons. The normalized spacial score (nSPS) is 15.7. The Kier molecular flexibility index (Phi) is 6.91. The molecule has 1 N–H and O–H groups in total. The van der Waals surface area contributed by atoms with Gasteiger partial charge in [0.05, 0.1) is 23.1 Å². The highest BCUT2D eigenvalue weighted by atomic mass is 35.5. The molecule has 0 saturated carbocycles. The van der Waals surface area contributed by atoms with Crippen LogP contribution in [0.1, 0.15) is 61.5 Å². The predicted octanol–water partition coefficient (Wildman–Crippen LogP) is 4.25. The van der Waals surface area contributed by atoms with Gasteiger partial charge in [0.1, 0.15) is 0 Å². The first-order valence-corrected chi connectivity index (χ1v) is 10.3. The van der Waals surface area contributed by atoms with Crippen LogP contribution in [0.5, 0.6) is 0 Å². The van der Waals surface area contributed by atoms with E-state index < -0.39 is 0 Å². The third-order valence-electron chi connectivity index (χ3n) is 5.08. The van der Waals surface area contributed by atoms with E-state index in [1.807, 2.05) is 28.9 Å². The van der Waals surface area contributed by atoms with E-state index in [0.717, 1.165) is 31.0 Å². The van der Waals surface area contributed by atoms with Crippen LogP contribution in [0.2, 0.25) is 5.02 Å². The van der Waals surface area contributed by atoms with E-state index in [2.05, 4.69) is 29.2 Å². The molecule has 1 aromatic heterocycles. The van der Waals surface area contributed by atoms with Crippen molar-refractivity contribution in [2.75, 3.05) is 26.2 Å². The number of rotatable bonds is 6. The topological polar surface area (TPSA) is 50.2 Å². The van der Waals surface area contributed by atoms with E-state index in [4.69, 9.17) is 11.6 Å². The molecule has 6 heteroatoms. The summed E-state index contributed by atoms with van der Waals surface area (Å²) in [4.78, 5) is 15.2. The average Bonchev–Trinajstić information content (AvgIpc) is 2.94. The summed E-state index contributed by atoms with van der Waals surface area (Å²) in [5, 5.41) is 8.24. The minimum atomic E-state index is -0.0475. The van der Waals surface area contributed by atoms with Gasteiger partial charge in [-0.05, 0) is 56.1 Å². The monoisotopic (exact) mass is 388 g/mol. The molecule has 1 aliphatic heterocycles. The van der Waals surface area contributed by atoms with Gasteiger partial charge >= 0.3 is 0 Å². The van der Waals surface area contributed by atoms with Crippen molar-refractivity contribution < 1.29 is 4.79 Å². The fourth-order valence-electron chi connectivity index (χ4n) is 3.66. The highest BCUT2D eigenvalue weighted by Crippen LogP contribution is 2.24. The molecule has 1 fully saturated rings. The summed E-state index contributed by atoms with van der Waals surface area (Å²) in [6.45, 7) is 8.02. The zero-order valence-electron chi connectivity index (χ0n) is 16.2. The molecule has 1 saturated heterocycles. The van der Waals surface area contributed by atoms with E-state index in [9.17, 15) is 4.79 Å². The number of aromatic nitrogens is 2. The van der Waals surface area contributed by atoms with Crippen molar-refractivity contribution in [3.05, 3.63) is 46.7 Å². The van der Waals surface area contributed by atoms with Crippen molar-refractivity contribution in [1.29, 1.82) is 0 Å². The number of nitrogens with zero attached hydrogens (tertiary/aromatic N) is 3. The first-order chi connectivity index (χ1) is 13.1. The van der Waals surface area contributed by atoms with Crippen molar-refractivity contribution in [3.8, 4) is 5.69 Å². The molecule has 3 rings (SSSR count). The van der Waals surface area contributed by atoms with Gasteiger partial charge in [0.25, 0.3) is 5.91 Å². The third-order valence-corrected chi connectivity index (χ3v) is 5.33. The van der Waals surface area contributed by atoms with Crippen LogP contribution in [0.15, 0.2) is 30.5 Å². The Balaban J connectivity index is 1.68. The molecule has 5 nitrogen and oxygen atoms in total. The van der Waals surface area contributed by atoms with Gasteiger partial charge in [-0.2, -0.15) is 5.10 Å². The molecule has 2 aromatic rings. The number of nitrogens with one attached hydrogen (secondary N) is 1. The smallest absolute Gasteiger partial charge is 0.254 e. The quantitative estimate of drug-likeness (QED) is 0.804. The van der Waals surface area contributed by atoms with Crippen molar-refractivity contribution in [2.24, 2.45) is 0 Å². The van der Waals surface area contributed by atoms with Gasteiger partial charge < -0.3 is 10.2 Å². The van der Waals surface area contributed by atoms with Gasteiger partial charge in [0, 0.05) is 18.1 Å². The largest absolute Gasteiger partial charge is 0.351 e. The van der Waals surface area contributed by atoms with Gasteiger partial charge in [-0.3, -0.25) is 4.79 Å². The predicted molar refractivity (Wildman–Crippen MR) is 110 cm³/mol. The molecular formula is C21H29ClN4O. The number of amides is 1. The number of hydrogen-bond donors (Lipinski definition) is 1. The maximum Gasteiger partial charge on any atom is 0.254 e. The van der Waals surface area contributed by atoms with E-state index in [0.29, 0.717) is 17.1 Å². The molecule has 0 spiro atoms. The summed E-state index contributed by atoms with van der Waals surface area (Å²) in [5.41, 5.74) is 2.48. The zero-order chi connectivity index (χ0) is 19.2. The Hall–Kier alpha value is -1.85. The Labute approximate surface area is 166 Å². The molecular weight excluding hydrogens is 360 g/mol. The van der Waals surface area contributed by atoms with Crippen LogP contribution in [0.4, 0.5) is 0 Å². The summed E-state index contributed by atoms with van der Waals surface area (Å²) < 4.78 is 1.84. The average molecular weight is 389 g/mol. The molecule has 0 unspecified atom stereocenters. The van der Waals surface area contributed by atoms with Crippen LogP contribution < -0.4 is 5.32 Å². The van der Waals surface area contributed by atoms with Crippen molar-refractivity contribution in [1.82, 2.24) is 20.0 Å². The van der Waals surface area contributed by atoms with Gasteiger partial charge in [-0.15, -0.1) is 0 Å². The second-order valence-corrected chi connectivity index (χ2v) is 7.93.